The second kappa shape index (κ2) is 7.75. The minimum Gasteiger partial charge on any atom is -0.497 e. The quantitative estimate of drug-likeness (QED) is 0.643. The number of hydrogen-bond acceptors (Lipinski definition) is 8. The van der Waals surface area contributed by atoms with Crippen molar-refractivity contribution in [1.29, 1.82) is 0 Å². The number of aromatic nitrogens is 3. The van der Waals surface area contributed by atoms with Crippen molar-refractivity contribution in [1.82, 2.24) is 14.5 Å². The van der Waals surface area contributed by atoms with Crippen molar-refractivity contribution in [3.63, 3.8) is 0 Å². The molecule has 1 N–H and O–H groups in total. The third kappa shape index (κ3) is 3.81. The number of rotatable bonds is 6. The van der Waals surface area contributed by atoms with E-state index in [0.717, 1.165) is 4.34 Å². The van der Waals surface area contributed by atoms with Crippen LogP contribution < -0.4 is 20.3 Å². The molecule has 0 fully saturated rings. The fourth-order valence-electron chi connectivity index (χ4n) is 2.26. The summed E-state index contributed by atoms with van der Waals surface area (Å²) in [6.07, 6.45) is 3.21. The number of nitrogens with one attached hydrogen (secondary N) is 1. The molecule has 0 unspecified atom stereocenters. The highest BCUT2D eigenvalue weighted by Gasteiger charge is 2.13. The van der Waals surface area contributed by atoms with E-state index >= 15 is 0 Å². The van der Waals surface area contributed by atoms with E-state index in [-0.39, 0.29) is 18.0 Å². The van der Waals surface area contributed by atoms with Gasteiger partial charge in [-0.15, -0.1) is 11.3 Å². The third-order valence-corrected chi connectivity index (χ3v) is 5.51. The van der Waals surface area contributed by atoms with Gasteiger partial charge in [0.25, 0.3) is 5.56 Å². The summed E-state index contributed by atoms with van der Waals surface area (Å²) >= 11 is 2.72. The highest BCUT2D eigenvalue weighted by Crippen LogP contribution is 2.26. The molecule has 2 heterocycles. The highest BCUT2D eigenvalue weighted by atomic mass is 32.2. The van der Waals surface area contributed by atoms with Gasteiger partial charge in [-0.2, -0.15) is 0 Å². The lowest BCUT2D eigenvalue weighted by molar-refractivity contribution is -0.116. The second-order valence-corrected chi connectivity index (χ2v) is 7.22. The number of methoxy groups -OCH3 is 2. The van der Waals surface area contributed by atoms with E-state index in [1.54, 1.807) is 18.2 Å². The Morgan fingerprint density at radius 2 is 1.96 bits per heavy atom. The van der Waals surface area contributed by atoms with E-state index in [1.807, 2.05) is 6.26 Å². The highest BCUT2D eigenvalue weighted by molar-refractivity contribution is 8.00. The largest absolute Gasteiger partial charge is 0.497 e. The minimum atomic E-state index is -0.363. The first-order valence-corrected chi connectivity index (χ1v) is 9.51. The zero-order valence-corrected chi connectivity index (χ0v) is 15.9. The Morgan fingerprint density at radius 1 is 1.27 bits per heavy atom. The van der Waals surface area contributed by atoms with Crippen molar-refractivity contribution in [3.05, 3.63) is 34.9 Å². The first-order chi connectivity index (χ1) is 12.5. The Morgan fingerprint density at radius 3 is 2.58 bits per heavy atom. The van der Waals surface area contributed by atoms with Gasteiger partial charge in [-0.1, -0.05) is 11.8 Å². The molecule has 3 aromatic rings. The molecule has 0 aliphatic rings. The van der Waals surface area contributed by atoms with Crippen LogP contribution in [0.3, 0.4) is 0 Å². The van der Waals surface area contributed by atoms with Crippen LogP contribution >= 0.6 is 23.1 Å². The predicted octanol–water partition coefficient (Wildman–Crippen LogP) is 2.23. The first kappa shape index (κ1) is 18.2. The minimum absolute atomic E-state index is 0.159. The van der Waals surface area contributed by atoms with Crippen LogP contribution in [-0.2, 0) is 11.3 Å². The van der Waals surface area contributed by atoms with Crippen molar-refractivity contribution < 1.29 is 14.3 Å². The molecule has 0 aliphatic carbocycles. The number of carbonyl (C=O) groups excluding carboxylic acids is 1. The monoisotopic (exact) mass is 392 g/mol. The van der Waals surface area contributed by atoms with E-state index in [0.29, 0.717) is 27.5 Å². The normalized spacial score (nSPS) is 10.7. The summed E-state index contributed by atoms with van der Waals surface area (Å²) in [6.45, 7) is -0.159. The van der Waals surface area contributed by atoms with Crippen molar-refractivity contribution in [2.24, 2.45) is 0 Å². The molecule has 0 saturated carbocycles. The van der Waals surface area contributed by atoms with Crippen LogP contribution in [0.15, 0.2) is 33.7 Å². The van der Waals surface area contributed by atoms with Gasteiger partial charge < -0.3 is 14.8 Å². The Labute approximate surface area is 157 Å². The lowest BCUT2D eigenvalue weighted by atomic mass is 10.2. The summed E-state index contributed by atoms with van der Waals surface area (Å²) < 4.78 is 12.8. The third-order valence-electron chi connectivity index (χ3n) is 3.49. The lowest BCUT2D eigenvalue weighted by Crippen LogP contribution is -2.27. The molecule has 10 heteroatoms. The summed E-state index contributed by atoms with van der Waals surface area (Å²) in [5.74, 6) is 0.737. The maximum absolute atomic E-state index is 12.5. The van der Waals surface area contributed by atoms with Gasteiger partial charge >= 0.3 is 0 Å². The second-order valence-electron chi connectivity index (χ2n) is 5.16. The summed E-state index contributed by atoms with van der Waals surface area (Å²) in [5.41, 5.74) is 0.625. The van der Waals surface area contributed by atoms with Gasteiger partial charge in [0.2, 0.25) is 5.91 Å². The Balaban J connectivity index is 1.81. The maximum atomic E-state index is 12.5. The van der Waals surface area contributed by atoms with Gasteiger partial charge in [-0.05, 0) is 6.26 Å². The van der Waals surface area contributed by atoms with Gasteiger partial charge in [-0.3, -0.25) is 14.2 Å². The predicted molar refractivity (Wildman–Crippen MR) is 102 cm³/mol. The average molecular weight is 392 g/mol. The van der Waals surface area contributed by atoms with E-state index in [1.165, 1.54) is 48.2 Å². The molecule has 0 spiro atoms. The molecule has 1 aromatic carbocycles. The van der Waals surface area contributed by atoms with Crippen molar-refractivity contribution in [3.8, 4) is 11.5 Å². The molecular formula is C16H16N4O4S2. The number of fused-ring (bicyclic) bond motifs is 1. The number of anilines is 1. The van der Waals surface area contributed by atoms with E-state index in [2.05, 4.69) is 15.3 Å². The van der Waals surface area contributed by atoms with E-state index in [4.69, 9.17) is 9.47 Å². The van der Waals surface area contributed by atoms with Crippen LogP contribution in [0.2, 0.25) is 0 Å². The zero-order chi connectivity index (χ0) is 18.7. The molecule has 0 saturated heterocycles. The number of hydrogen-bond donors (Lipinski definition) is 1. The van der Waals surface area contributed by atoms with Crippen LogP contribution in [0.25, 0.3) is 10.3 Å². The van der Waals surface area contributed by atoms with Crippen LogP contribution in [0.4, 0.5) is 5.69 Å². The van der Waals surface area contributed by atoms with Crippen molar-refractivity contribution in [2.45, 2.75) is 10.9 Å². The van der Waals surface area contributed by atoms with Crippen LogP contribution in [0, 0.1) is 0 Å². The number of benzene rings is 1. The average Bonchev–Trinajstić information content (AvgIpc) is 3.08. The summed E-state index contributed by atoms with van der Waals surface area (Å²) in [6, 6.07) is 5.03. The number of nitrogens with zero attached hydrogens (tertiary/aromatic N) is 3. The molecular weight excluding hydrogens is 376 g/mol. The summed E-state index contributed by atoms with van der Waals surface area (Å²) in [5, 5.41) is 2.73. The topological polar surface area (TPSA) is 95.3 Å². The molecule has 8 nitrogen and oxygen atoms in total. The summed E-state index contributed by atoms with van der Waals surface area (Å²) in [7, 11) is 3.05. The van der Waals surface area contributed by atoms with Gasteiger partial charge in [0.1, 0.15) is 29.1 Å². The van der Waals surface area contributed by atoms with Gasteiger partial charge in [0.05, 0.1) is 14.2 Å². The molecule has 26 heavy (non-hydrogen) atoms. The molecule has 3 rings (SSSR count). The molecule has 0 bridgehead atoms. The van der Waals surface area contributed by atoms with Gasteiger partial charge in [0, 0.05) is 23.9 Å². The van der Waals surface area contributed by atoms with Gasteiger partial charge in [0.15, 0.2) is 9.99 Å². The Bertz CT molecular complexity index is 993. The fourth-order valence-corrected chi connectivity index (χ4v) is 3.72. The van der Waals surface area contributed by atoms with Crippen LogP contribution in [0.5, 0.6) is 11.5 Å². The number of ether oxygens (including phenoxy) is 2. The van der Waals surface area contributed by atoms with Crippen molar-refractivity contribution >= 4 is 45.0 Å². The van der Waals surface area contributed by atoms with E-state index < -0.39 is 0 Å². The number of carbonyl (C=O) groups is 1. The molecule has 1 amide bonds. The first-order valence-electron chi connectivity index (χ1n) is 7.47. The molecule has 0 aliphatic heterocycles. The van der Waals surface area contributed by atoms with Crippen LogP contribution in [0.1, 0.15) is 0 Å². The molecule has 2 aromatic heterocycles. The fraction of sp³-hybridized carbons (Fsp3) is 0.250. The number of amides is 1. The smallest absolute Gasteiger partial charge is 0.273 e. The van der Waals surface area contributed by atoms with Gasteiger partial charge in [-0.25, -0.2) is 9.97 Å². The maximum Gasteiger partial charge on any atom is 0.273 e. The Kier molecular flexibility index (Phi) is 5.43. The number of thiazole rings is 1. The zero-order valence-electron chi connectivity index (χ0n) is 14.3. The standard InChI is InChI=1S/C16H16N4O4S2/c1-23-10-4-9(5-11(6-10)24-2)18-12(21)7-20-8-17-14-13(15(20)22)26-16(19-14)25-3/h4-6,8H,7H2,1-3H3,(H,18,21). The SMILES string of the molecule is COc1cc(NC(=O)Cn2cnc3nc(SC)sc3c2=O)cc(OC)c1. The molecule has 0 radical (unpaired) electrons. The lowest BCUT2D eigenvalue weighted by Gasteiger charge is -2.10. The summed E-state index contributed by atoms with van der Waals surface area (Å²) in [4.78, 5) is 33.2. The number of thioether (sulfide) groups is 1. The Hall–Kier alpha value is -2.59. The van der Waals surface area contributed by atoms with Crippen molar-refractivity contribution in [2.75, 3.05) is 25.8 Å². The van der Waals surface area contributed by atoms with E-state index in [9.17, 15) is 9.59 Å². The molecule has 136 valence electrons. The molecule has 0 atom stereocenters. The van der Waals surface area contributed by atoms with Crippen LogP contribution in [-0.4, -0.2) is 40.9 Å².